The van der Waals surface area contributed by atoms with E-state index in [1.807, 2.05) is 18.2 Å². The van der Waals surface area contributed by atoms with E-state index in [9.17, 15) is 4.79 Å². The van der Waals surface area contributed by atoms with Gasteiger partial charge in [-0.05, 0) is 23.6 Å². The fraction of sp³-hybridized carbons (Fsp3) is 0.312. The fourth-order valence-corrected chi connectivity index (χ4v) is 4.02. The third-order valence-corrected chi connectivity index (χ3v) is 5.22. The molecule has 1 aliphatic rings. The molecular formula is C16H18ClN2OS+. The Morgan fingerprint density at radius 2 is 2.19 bits per heavy atom. The van der Waals surface area contributed by atoms with Gasteiger partial charge in [0, 0.05) is 12.8 Å². The summed E-state index contributed by atoms with van der Waals surface area (Å²) in [4.78, 5) is 15.0. The maximum atomic E-state index is 12.2. The van der Waals surface area contributed by atoms with E-state index in [0.717, 1.165) is 13.0 Å². The average Bonchev–Trinajstić information content (AvgIpc) is 3.11. The summed E-state index contributed by atoms with van der Waals surface area (Å²) in [6.45, 7) is 1.55. The lowest BCUT2D eigenvalue weighted by Gasteiger charge is -2.20. The van der Waals surface area contributed by atoms with Gasteiger partial charge in [-0.1, -0.05) is 29.8 Å². The van der Waals surface area contributed by atoms with Crippen molar-refractivity contribution in [3.63, 3.8) is 0 Å². The molecule has 110 valence electrons. The lowest BCUT2D eigenvalue weighted by molar-refractivity contribution is -0.910. The number of thiophene rings is 1. The van der Waals surface area contributed by atoms with Crippen molar-refractivity contribution in [2.24, 2.45) is 0 Å². The van der Waals surface area contributed by atoms with Crippen LogP contribution in [-0.2, 0) is 4.79 Å². The van der Waals surface area contributed by atoms with Gasteiger partial charge in [0.25, 0.3) is 5.91 Å². The summed E-state index contributed by atoms with van der Waals surface area (Å²) < 4.78 is 0. The van der Waals surface area contributed by atoms with Crippen molar-refractivity contribution in [2.45, 2.75) is 18.9 Å². The van der Waals surface area contributed by atoms with Gasteiger partial charge in [-0.3, -0.25) is 4.79 Å². The van der Waals surface area contributed by atoms with Crippen LogP contribution >= 0.6 is 22.9 Å². The second-order valence-corrected chi connectivity index (χ2v) is 6.71. The van der Waals surface area contributed by atoms with Crippen molar-refractivity contribution in [3.8, 4) is 0 Å². The maximum Gasteiger partial charge on any atom is 0.279 e. The lowest BCUT2D eigenvalue weighted by Crippen LogP contribution is -3.11. The topological polar surface area (TPSA) is 33.5 Å². The van der Waals surface area contributed by atoms with Gasteiger partial charge in [0.15, 0.2) is 6.54 Å². The third-order valence-electron chi connectivity index (χ3n) is 3.91. The Hall–Kier alpha value is -1.36. The largest absolute Gasteiger partial charge is 0.320 e. The van der Waals surface area contributed by atoms with Crippen molar-refractivity contribution < 1.29 is 9.69 Å². The summed E-state index contributed by atoms with van der Waals surface area (Å²) in [5, 5.41) is 5.60. The van der Waals surface area contributed by atoms with Gasteiger partial charge < -0.3 is 10.2 Å². The first-order valence-electron chi connectivity index (χ1n) is 7.16. The van der Waals surface area contributed by atoms with Gasteiger partial charge in [-0.15, -0.1) is 11.3 Å². The molecule has 2 N–H and O–H groups in total. The van der Waals surface area contributed by atoms with Crippen LogP contribution in [0, 0.1) is 0 Å². The zero-order valence-electron chi connectivity index (χ0n) is 11.6. The van der Waals surface area contributed by atoms with E-state index in [-0.39, 0.29) is 5.91 Å². The van der Waals surface area contributed by atoms with E-state index in [1.54, 1.807) is 17.4 Å². The minimum absolute atomic E-state index is 0.0292. The molecule has 0 spiro atoms. The molecule has 3 nitrogen and oxygen atoms in total. The minimum atomic E-state index is 0.0292. The molecule has 0 saturated carbocycles. The number of nitrogens with one attached hydrogen (secondary N) is 2. The minimum Gasteiger partial charge on any atom is -0.320 e. The summed E-state index contributed by atoms with van der Waals surface area (Å²) in [6.07, 6.45) is 2.34. The zero-order valence-corrected chi connectivity index (χ0v) is 13.2. The number of anilines is 1. The van der Waals surface area contributed by atoms with E-state index in [1.165, 1.54) is 16.2 Å². The van der Waals surface area contributed by atoms with Crippen molar-refractivity contribution in [1.29, 1.82) is 0 Å². The van der Waals surface area contributed by atoms with Crippen LogP contribution in [0.25, 0.3) is 0 Å². The van der Waals surface area contributed by atoms with Gasteiger partial charge in [-0.25, -0.2) is 0 Å². The van der Waals surface area contributed by atoms with Gasteiger partial charge in [-0.2, -0.15) is 0 Å². The van der Waals surface area contributed by atoms with E-state index in [4.69, 9.17) is 11.6 Å². The Morgan fingerprint density at radius 3 is 2.95 bits per heavy atom. The maximum absolute atomic E-state index is 12.2. The van der Waals surface area contributed by atoms with Crippen molar-refractivity contribution >= 4 is 34.5 Å². The summed E-state index contributed by atoms with van der Waals surface area (Å²) >= 11 is 7.86. The lowest BCUT2D eigenvalue weighted by atomic mass is 10.2. The summed E-state index contributed by atoms with van der Waals surface area (Å²) in [6, 6.07) is 12.1. The third kappa shape index (κ3) is 3.46. The van der Waals surface area contributed by atoms with Crippen LogP contribution in [0.15, 0.2) is 41.8 Å². The number of quaternary nitrogens is 1. The Labute approximate surface area is 133 Å². The molecule has 1 aromatic carbocycles. The van der Waals surface area contributed by atoms with Gasteiger partial charge in [0.05, 0.1) is 22.1 Å². The van der Waals surface area contributed by atoms with Crippen LogP contribution in [0.4, 0.5) is 5.69 Å². The second kappa shape index (κ2) is 6.60. The van der Waals surface area contributed by atoms with Crippen LogP contribution in [0.5, 0.6) is 0 Å². The SMILES string of the molecule is O=C(C[NH+]1CCC[C@@H]1c1cccs1)Nc1ccccc1Cl. The average molecular weight is 322 g/mol. The Morgan fingerprint density at radius 1 is 1.33 bits per heavy atom. The molecule has 2 aromatic rings. The van der Waals surface area contributed by atoms with Crippen LogP contribution < -0.4 is 10.2 Å². The second-order valence-electron chi connectivity index (χ2n) is 5.32. The summed E-state index contributed by atoms with van der Waals surface area (Å²) in [7, 11) is 0. The number of carbonyl (C=O) groups excluding carboxylic acids is 1. The molecule has 1 aromatic heterocycles. The molecule has 0 radical (unpaired) electrons. The molecule has 0 aliphatic carbocycles. The normalized spacial score (nSPS) is 21.4. The quantitative estimate of drug-likeness (QED) is 0.892. The smallest absolute Gasteiger partial charge is 0.279 e. The monoisotopic (exact) mass is 321 g/mol. The van der Waals surface area contributed by atoms with Gasteiger partial charge in [0.1, 0.15) is 6.04 Å². The molecule has 21 heavy (non-hydrogen) atoms. The molecular weight excluding hydrogens is 304 g/mol. The van der Waals surface area contributed by atoms with Crippen molar-refractivity contribution in [3.05, 3.63) is 51.7 Å². The predicted molar refractivity (Wildman–Crippen MR) is 87.1 cm³/mol. The number of para-hydroxylation sites is 1. The fourth-order valence-electron chi connectivity index (χ4n) is 2.92. The van der Waals surface area contributed by atoms with E-state index in [0.29, 0.717) is 23.3 Å². The van der Waals surface area contributed by atoms with Crippen molar-refractivity contribution in [2.75, 3.05) is 18.4 Å². The Bertz CT molecular complexity index is 614. The highest BCUT2D eigenvalue weighted by Gasteiger charge is 2.32. The predicted octanol–water partition coefficient (Wildman–Crippen LogP) is 2.76. The molecule has 2 atom stereocenters. The highest BCUT2D eigenvalue weighted by atomic mass is 35.5. The molecule has 1 amide bonds. The number of halogens is 1. The molecule has 5 heteroatoms. The first-order chi connectivity index (χ1) is 10.2. The highest BCUT2D eigenvalue weighted by molar-refractivity contribution is 7.10. The van der Waals surface area contributed by atoms with E-state index >= 15 is 0 Å². The van der Waals surface area contributed by atoms with E-state index < -0.39 is 0 Å². The van der Waals surface area contributed by atoms with Gasteiger partial charge in [0.2, 0.25) is 0 Å². The first kappa shape index (κ1) is 14.6. The molecule has 2 heterocycles. The standard InChI is InChI=1S/C16H17ClN2OS/c17-12-5-1-2-6-13(12)18-16(20)11-19-9-3-7-14(19)15-8-4-10-21-15/h1-2,4-6,8,10,14H,3,7,9,11H2,(H,18,20)/p+1/t14-/m1/s1. The van der Waals surface area contributed by atoms with Crippen molar-refractivity contribution in [1.82, 2.24) is 0 Å². The van der Waals surface area contributed by atoms with Crippen LogP contribution in [-0.4, -0.2) is 19.0 Å². The number of hydrogen-bond donors (Lipinski definition) is 2. The summed E-state index contributed by atoms with van der Waals surface area (Å²) in [5.41, 5.74) is 0.690. The Balaban J connectivity index is 1.63. The number of rotatable bonds is 4. The first-order valence-corrected chi connectivity index (χ1v) is 8.42. The molecule has 1 saturated heterocycles. The number of carbonyl (C=O) groups is 1. The summed E-state index contributed by atoms with van der Waals surface area (Å²) in [5.74, 6) is 0.0292. The zero-order chi connectivity index (χ0) is 14.7. The molecule has 3 rings (SSSR count). The number of benzene rings is 1. The number of likely N-dealkylation sites (tertiary alicyclic amines) is 1. The molecule has 1 fully saturated rings. The molecule has 1 aliphatic heterocycles. The highest BCUT2D eigenvalue weighted by Crippen LogP contribution is 2.23. The van der Waals surface area contributed by atoms with E-state index in [2.05, 4.69) is 22.8 Å². The molecule has 0 bridgehead atoms. The van der Waals surface area contributed by atoms with Crippen LogP contribution in [0.1, 0.15) is 23.8 Å². The Kier molecular flexibility index (Phi) is 4.58. The van der Waals surface area contributed by atoms with Crippen LogP contribution in [0.2, 0.25) is 5.02 Å². The van der Waals surface area contributed by atoms with Crippen LogP contribution in [0.3, 0.4) is 0 Å². The molecule has 1 unspecified atom stereocenters. The number of hydrogen-bond acceptors (Lipinski definition) is 2. The number of amides is 1. The van der Waals surface area contributed by atoms with Gasteiger partial charge >= 0.3 is 0 Å².